The van der Waals surface area contributed by atoms with Gasteiger partial charge in [-0.15, -0.1) is 0 Å². The summed E-state index contributed by atoms with van der Waals surface area (Å²) < 4.78 is 33.6. The summed E-state index contributed by atoms with van der Waals surface area (Å²) in [4.78, 5) is 24.0. The van der Waals surface area contributed by atoms with Crippen LogP contribution in [0.15, 0.2) is 54.6 Å². The molecule has 0 bridgehead atoms. The third-order valence-corrected chi connectivity index (χ3v) is 6.12. The summed E-state index contributed by atoms with van der Waals surface area (Å²) in [6.07, 6.45) is 0.452. The molecule has 7 nitrogen and oxygen atoms in total. The summed E-state index contributed by atoms with van der Waals surface area (Å²) in [5.41, 5.74) is 0.453. The van der Waals surface area contributed by atoms with E-state index in [-0.39, 0.29) is 23.8 Å². The number of carbonyl (C=O) groups is 2. The Bertz CT molecular complexity index is 942. The van der Waals surface area contributed by atoms with Crippen molar-refractivity contribution in [2.75, 3.05) is 23.4 Å². The summed E-state index contributed by atoms with van der Waals surface area (Å²) in [6.45, 7) is -0.446. The Morgan fingerprint density at radius 3 is 2.46 bits per heavy atom. The van der Waals surface area contributed by atoms with E-state index < -0.39 is 28.3 Å². The highest BCUT2D eigenvalue weighted by molar-refractivity contribution is 7.91. The number of rotatable bonds is 7. The van der Waals surface area contributed by atoms with Crippen LogP contribution in [0.25, 0.3) is 0 Å². The van der Waals surface area contributed by atoms with Crippen LogP contribution in [0, 0.1) is 5.92 Å². The van der Waals surface area contributed by atoms with Gasteiger partial charge in [-0.1, -0.05) is 30.3 Å². The van der Waals surface area contributed by atoms with Gasteiger partial charge in [0.2, 0.25) is 0 Å². The van der Waals surface area contributed by atoms with Crippen LogP contribution in [0.4, 0.5) is 5.69 Å². The zero-order valence-corrected chi connectivity index (χ0v) is 16.0. The van der Waals surface area contributed by atoms with E-state index in [1.54, 1.807) is 36.4 Å². The van der Waals surface area contributed by atoms with Crippen molar-refractivity contribution in [3.8, 4) is 11.5 Å². The zero-order chi connectivity index (χ0) is 20.0. The molecule has 28 heavy (non-hydrogen) atoms. The third kappa shape index (κ3) is 5.82. The topological polar surface area (TPSA) is 98.8 Å². The molecule has 2 aromatic carbocycles. The fraction of sp³-hybridized carbons (Fsp3) is 0.300. The molecule has 1 fully saturated rings. The molecule has 0 radical (unpaired) electrons. The molecule has 1 saturated heterocycles. The third-order valence-electron chi connectivity index (χ3n) is 4.28. The molecular weight excluding hydrogens is 382 g/mol. The van der Waals surface area contributed by atoms with Gasteiger partial charge in [-0.3, -0.25) is 9.59 Å². The van der Waals surface area contributed by atoms with Crippen LogP contribution < -0.4 is 10.1 Å². The Morgan fingerprint density at radius 2 is 1.75 bits per heavy atom. The van der Waals surface area contributed by atoms with Gasteiger partial charge >= 0.3 is 5.97 Å². The van der Waals surface area contributed by atoms with Crippen molar-refractivity contribution in [1.29, 1.82) is 0 Å². The standard InChI is InChI=1S/C20H21NO6S/c22-19(13-26-20(23)12-15-10-11-28(24,25)14-15)21-17-8-4-5-9-18(17)27-16-6-2-1-3-7-16/h1-9,15H,10-14H2,(H,21,22)/t15-/m0/s1. The van der Waals surface area contributed by atoms with Gasteiger partial charge in [0.1, 0.15) is 5.75 Å². The highest BCUT2D eigenvalue weighted by Crippen LogP contribution is 2.29. The second-order valence-corrected chi connectivity index (χ2v) is 8.82. The second-order valence-electron chi connectivity index (χ2n) is 6.59. The van der Waals surface area contributed by atoms with Crippen molar-refractivity contribution in [3.05, 3.63) is 54.6 Å². The Morgan fingerprint density at radius 1 is 1.04 bits per heavy atom. The second kappa shape index (κ2) is 8.88. The van der Waals surface area contributed by atoms with Crippen molar-refractivity contribution in [2.45, 2.75) is 12.8 Å². The highest BCUT2D eigenvalue weighted by atomic mass is 32.2. The fourth-order valence-electron chi connectivity index (χ4n) is 2.93. The van der Waals surface area contributed by atoms with Crippen molar-refractivity contribution >= 4 is 27.4 Å². The molecule has 0 saturated carbocycles. The maximum atomic E-state index is 12.1. The van der Waals surface area contributed by atoms with Crippen molar-refractivity contribution in [1.82, 2.24) is 0 Å². The minimum Gasteiger partial charge on any atom is -0.456 e. The maximum Gasteiger partial charge on any atom is 0.306 e. The Hall–Kier alpha value is -2.87. The lowest BCUT2D eigenvalue weighted by Crippen LogP contribution is -2.22. The minimum absolute atomic E-state index is 0.000214. The van der Waals surface area contributed by atoms with Gasteiger partial charge in [-0.25, -0.2) is 8.42 Å². The number of esters is 1. The Kier molecular flexibility index (Phi) is 6.30. The number of hydrogen-bond acceptors (Lipinski definition) is 6. The molecule has 0 aliphatic carbocycles. The van der Waals surface area contributed by atoms with E-state index >= 15 is 0 Å². The first-order valence-electron chi connectivity index (χ1n) is 8.89. The summed E-state index contributed by atoms with van der Waals surface area (Å²) in [7, 11) is -3.04. The van der Waals surface area contributed by atoms with Gasteiger partial charge in [0, 0.05) is 6.42 Å². The molecule has 1 atom stereocenters. The van der Waals surface area contributed by atoms with Crippen LogP contribution in [-0.2, 0) is 24.2 Å². The van der Waals surface area contributed by atoms with Gasteiger partial charge in [-0.2, -0.15) is 0 Å². The molecule has 1 amide bonds. The largest absolute Gasteiger partial charge is 0.456 e. The van der Waals surface area contributed by atoms with Crippen LogP contribution in [0.3, 0.4) is 0 Å². The molecule has 1 aliphatic rings. The van der Waals surface area contributed by atoms with Gasteiger partial charge in [0.15, 0.2) is 22.2 Å². The van der Waals surface area contributed by atoms with Crippen LogP contribution in [-0.4, -0.2) is 38.4 Å². The normalized spacial score (nSPS) is 17.6. The number of anilines is 1. The van der Waals surface area contributed by atoms with E-state index in [2.05, 4.69) is 5.32 Å². The van der Waals surface area contributed by atoms with Gasteiger partial charge in [0.05, 0.1) is 17.2 Å². The Labute approximate surface area is 163 Å². The predicted molar refractivity (Wildman–Crippen MR) is 104 cm³/mol. The summed E-state index contributed by atoms with van der Waals surface area (Å²) >= 11 is 0. The van der Waals surface area contributed by atoms with Gasteiger partial charge in [0.25, 0.3) is 5.91 Å². The monoisotopic (exact) mass is 403 g/mol. The minimum atomic E-state index is -3.04. The zero-order valence-electron chi connectivity index (χ0n) is 15.2. The number of hydrogen-bond donors (Lipinski definition) is 1. The average molecular weight is 403 g/mol. The number of ether oxygens (including phenoxy) is 2. The molecule has 2 aromatic rings. The molecule has 0 aromatic heterocycles. The molecule has 148 valence electrons. The lowest BCUT2D eigenvalue weighted by atomic mass is 10.1. The first-order chi connectivity index (χ1) is 13.4. The van der Waals surface area contributed by atoms with Gasteiger partial charge in [-0.05, 0) is 36.6 Å². The Balaban J connectivity index is 1.50. The number of nitrogens with one attached hydrogen (secondary N) is 1. The molecular formula is C20H21NO6S. The number of para-hydroxylation sites is 3. The maximum absolute atomic E-state index is 12.1. The number of amides is 1. The lowest BCUT2D eigenvalue weighted by molar-refractivity contribution is -0.148. The van der Waals surface area contributed by atoms with E-state index in [1.165, 1.54) is 0 Å². The van der Waals surface area contributed by atoms with E-state index in [4.69, 9.17) is 9.47 Å². The van der Waals surface area contributed by atoms with Crippen LogP contribution in [0.1, 0.15) is 12.8 Å². The van der Waals surface area contributed by atoms with Crippen molar-refractivity contribution in [2.24, 2.45) is 5.92 Å². The summed E-state index contributed by atoms with van der Waals surface area (Å²) in [5, 5.41) is 2.66. The lowest BCUT2D eigenvalue weighted by Gasteiger charge is -2.12. The fourth-order valence-corrected chi connectivity index (χ4v) is 4.80. The van der Waals surface area contributed by atoms with Gasteiger partial charge < -0.3 is 14.8 Å². The van der Waals surface area contributed by atoms with Crippen molar-refractivity contribution < 1.29 is 27.5 Å². The average Bonchev–Trinajstić information content (AvgIpc) is 3.01. The first-order valence-corrected chi connectivity index (χ1v) is 10.7. The number of sulfone groups is 1. The molecule has 1 aliphatic heterocycles. The number of benzene rings is 2. The van der Waals surface area contributed by atoms with E-state index in [0.29, 0.717) is 23.6 Å². The molecule has 1 heterocycles. The highest BCUT2D eigenvalue weighted by Gasteiger charge is 2.30. The van der Waals surface area contributed by atoms with E-state index in [9.17, 15) is 18.0 Å². The van der Waals surface area contributed by atoms with Crippen LogP contribution >= 0.6 is 0 Å². The number of carbonyl (C=O) groups excluding carboxylic acids is 2. The summed E-state index contributed by atoms with van der Waals surface area (Å²) in [5.74, 6) is -0.128. The smallest absolute Gasteiger partial charge is 0.306 e. The van der Waals surface area contributed by atoms with E-state index in [0.717, 1.165) is 0 Å². The van der Waals surface area contributed by atoms with Crippen LogP contribution in [0.5, 0.6) is 11.5 Å². The summed E-state index contributed by atoms with van der Waals surface area (Å²) in [6, 6.07) is 16.1. The van der Waals surface area contributed by atoms with Crippen molar-refractivity contribution in [3.63, 3.8) is 0 Å². The SMILES string of the molecule is O=C(COC(=O)C[C@@H]1CCS(=O)(=O)C1)Nc1ccccc1Oc1ccccc1. The molecule has 0 spiro atoms. The predicted octanol–water partition coefficient (Wildman–Crippen LogP) is 2.79. The molecule has 0 unspecified atom stereocenters. The van der Waals surface area contributed by atoms with E-state index in [1.807, 2.05) is 18.2 Å². The van der Waals surface area contributed by atoms with Crippen LogP contribution in [0.2, 0.25) is 0 Å². The molecule has 1 N–H and O–H groups in total. The molecule has 3 rings (SSSR count). The molecule has 8 heteroatoms. The quantitative estimate of drug-likeness (QED) is 0.714. The first kappa shape index (κ1) is 19.9.